The Hall–Kier alpha value is -4.72. The summed E-state index contributed by atoms with van der Waals surface area (Å²) in [5.74, 6) is -1.15. The van der Waals surface area contributed by atoms with Gasteiger partial charge in [-0.2, -0.15) is 0 Å². The van der Waals surface area contributed by atoms with Crippen molar-refractivity contribution in [3.05, 3.63) is 114 Å². The molecule has 0 saturated heterocycles. The lowest BCUT2D eigenvalue weighted by Gasteiger charge is -2.22. The zero-order valence-corrected chi connectivity index (χ0v) is 21.0. The van der Waals surface area contributed by atoms with E-state index in [9.17, 15) is 14.4 Å². The van der Waals surface area contributed by atoms with E-state index in [1.54, 1.807) is 0 Å². The molecule has 0 fully saturated rings. The summed E-state index contributed by atoms with van der Waals surface area (Å²) in [6, 6.07) is 27.9. The molecule has 3 aromatic carbocycles. The molecule has 0 aliphatic rings. The Morgan fingerprint density at radius 2 is 1.39 bits per heavy atom. The molecule has 4 aromatic rings. The van der Waals surface area contributed by atoms with E-state index >= 15 is 0 Å². The van der Waals surface area contributed by atoms with Crippen LogP contribution in [0.3, 0.4) is 0 Å². The molecule has 2 atom stereocenters. The minimum absolute atomic E-state index is 0.0603. The molecular weight excluding hydrogens is 482 g/mol. The number of pyridine rings is 1. The number of nitrogens with one attached hydrogen (secondary N) is 2. The van der Waals surface area contributed by atoms with Gasteiger partial charge in [-0.3, -0.25) is 9.78 Å². The van der Waals surface area contributed by atoms with Gasteiger partial charge in [-0.05, 0) is 23.3 Å². The number of ether oxygens (including phenoxy) is 2. The monoisotopic (exact) mass is 511 g/mol. The second-order valence-electron chi connectivity index (χ2n) is 8.73. The van der Waals surface area contributed by atoms with Crippen molar-refractivity contribution in [2.75, 3.05) is 7.11 Å². The van der Waals surface area contributed by atoms with Gasteiger partial charge in [-0.25, -0.2) is 9.59 Å². The van der Waals surface area contributed by atoms with Gasteiger partial charge in [-0.1, -0.05) is 84.9 Å². The van der Waals surface area contributed by atoms with Crippen LogP contribution in [0, 0.1) is 0 Å². The van der Waals surface area contributed by atoms with Crippen molar-refractivity contribution in [1.82, 2.24) is 15.6 Å². The number of rotatable bonds is 10. The summed E-state index contributed by atoms with van der Waals surface area (Å²) >= 11 is 0. The molecule has 0 radical (unpaired) electrons. The summed E-state index contributed by atoms with van der Waals surface area (Å²) in [6.07, 6.45) is -0.412. The van der Waals surface area contributed by atoms with E-state index in [-0.39, 0.29) is 19.4 Å². The summed E-state index contributed by atoms with van der Waals surface area (Å²) in [6.45, 7) is 0.0603. The van der Waals surface area contributed by atoms with Crippen LogP contribution < -0.4 is 10.6 Å². The fraction of sp³-hybridized carbons (Fsp3) is 0.200. The molecule has 8 nitrogen and oxygen atoms in total. The summed E-state index contributed by atoms with van der Waals surface area (Å²) < 4.78 is 10.3. The summed E-state index contributed by atoms with van der Waals surface area (Å²) in [5, 5.41) is 6.35. The van der Waals surface area contributed by atoms with Gasteiger partial charge in [0.1, 0.15) is 18.7 Å². The highest BCUT2D eigenvalue weighted by molar-refractivity contribution is 5.90. The largest absolute Gasteiger partial charge is 0.467 e. The first kappa shape index (κ1) is 26.3. The molecule has 194 valence electrons. The topological polar surface area (TPSA) is 107 Å². The maximum Gasteiger partial charge on any atom is 0.408 e. The predicted octanol–water partition coefficient (Wildman–Crippen LogP) is 3.97. The first-order valence-electron chi connectivity index (χ1n) is 12.3. The van der Waals surface area contributed by atoms with Crippen LogP contribution in [0.2, 0.25) is 0 Å². The van der Waals surface area contributed by atoms with Crippen molar-refractivity contribution < 1.29 is 23.9 Å². The number of esters is 1. The molecule has 1 aromatic heterocycles. The SMILES string of the molecule is COC(=O)[C@@H](Cc1ccc2ccccc2n1)NC(=O)[C@H](Cc1ccccc1)NC(=O)OCc1ccccc1. The number of amides is 2. The van der Waals surface area contributed by atoms with E-state index in [1.165, 1.54) is 7.11 Å². The average molecular weight is 512 g/mol. The van der Waals surface area contributed by atoms with Crippen molar-refractivity contribution in [2.24, 2.45) is 0 Å². The van der Waals surface area contributed by atoms with E-state index in [4.69, 9.17) is 9.47 Å². The fourth-order valence-electron chi connectivity index (χ4n) is 4.01. The lowest BCUT2D eigenvalue weighted by atomic mass is 10.0. The predicted molar refractivity (Wildman–Crippen MR) is 143 cm³/mol. The van der Waals surface area contributed by atoms with Gasteiger partial charge >= 0.3 is 12.1 Å². The highest BCUT2D eigenvalue weighted by atomic mass is 16.5. The Morgan fingerprint density at radius 3 is 2.11 bits per heavy atom. The zero-order valence-electron chi connectivity index (χ0n) is 21.0. The average Bonchev–Trinajstić information content (AvgIpc) is 2.96. The van der Waals surface area contributed by atoms with Crippen LogP contribution >= 0.6 is 0 Å². The van der Waals surface area contributed by atoms with Crippen LogP contribution in [0.25, 0.3) is 10.9 Å². The number of carbonyl (C=O) groups excluding carboxylic acids is 3. The number of fused-ring (bicyclic) bond motifs is 1. The lowest BCUT2D eigenvalue weighted by Crippen LogP contribution is -2.53. The summed E-state index contributed by atoms with van der Waals surface area (Å²) in [7, 11) is 1.26. The smallest absolute Gasteiger partial charge is 0.408 e. The molecular formula is C30H29N3O5. The summed E-state index contributed by atoms with van der Waals surface area (Å²) in [4.78, 5) is 43.2. The quantitative estimate of drug-likeness (QED) is 0.312. The van der Waals surface area contributed by atoms with Crippen molar-refractivity contribution in [2.45, 2.75) is 31.5 Å². The number of hydrogen-bond acceptors (Lipinski definition) is 6. The molecule has 0 saturated carbocycles. The fourth-order valence-corrected chi connectivity index (χ4v) is 4.01. The number of benzene rings is 3. The molecule has 2 N–H and O–H groups in total. The van der Waals surface area contributed by atoms with Crippen LogP contribution in [0.4, 0.5) is 4.79 Å². The van der Waals surface area contributed by atoms with Crippen LogP contribution in [0.5, 0.6) is 0 Å². The third kappa shape index (κ3) is 7.39. The van der Waals surface area contributed by atoms with Gasteiger partial charge in [-0.15, -0.1) is 0 Å². The molecule has 4 rings (SSSR count). The van der Waals surface area contributed by atoms with Crippen LogP contribution in [-0.4, -0.2) is 42.1 Å². The first-order valence-corrected chi connectivity index (χ1v) is 12.3. The normalized spacial score (nSPS) is 12.2. The molecule has 2 amide bonds. The van der Waals surface area contributed by atoms with E-state index in [0.717, 1.165) is 22.0 Å². The van der Waals surface area contributed by atoms with Gasteiger partial charge in [0.25, 0.3) is 0 Å². The van der Waals surface area contributed by atoms with E-state index in [2.05, 4.69) is 15.6 Å². The second-order valence-corrected chi connectivity index (χ2v) is 8.73. The third-order valence-electron chi connectivity index (χ3n) is 5.98. The summed E-state index contributed by atoms with van der Waals surface area (Å²) in [5.41, 5.74) is 3.06. The number of methoxy groups -OCH3 is 1. The number of nitrogens with zero attached hydrogens (tertiary/aromatic N) is 1. The van der Waals surface area contributed by atoms with Crippen LogP contribution in [0.15, 0.2) is 97.1 Å². The second kappa shape index (κ2) is 13.0. The zero-order chi connectivity index (χ0) is 26.7. The Kier molecular flexibility index (Phi) is 9.02. The maximum absolute atomic E-state index is 13.4. The number of alkyl carbamates (subject to hydrolysis) is 1. The molecule has 8 heteroatoms. The third-order valence-corrected chi connectivity index (χ3v) is 5.98. The minimum atomic E-state index is -0.999. The van der Waals surface area contributed by atoms with Gasteiger partial charge in [0, 0.05) is 23.9 Å². The minimum Gasteiger partial charge on any atom is -0.467 e. The standard InChI is InChI=1S/C30H29N3O5/c1-37-29(35)27(19-24-17-16-23-14-8-9-15-25(23)31-24)32-28(34)26(18-21-10-4-2-5-11-21)33-30(36)38-20-22-12-6-3-7-13-22/h2-17,26-27H,18-20H2,1H3,(H,32,34)(H,33,36)/t26-,27+/m0/s1. The van der Waals surface area contributed by atoms with Gasteiger partial charge in [0.2, 0.25) is 5.91 Å². The first-order chi connectivity index (χ1) is 18.5. The van der Waals surface area contributed by atoms with Crippen LogP contribution in [0.1, 0.15) is 16.8 Å². The van der Waals surface area contributed by atoms with Gasteiger partial charge in [0.05, 0.1) is 12.6 Å². The Bertz CT molecular complexity index is 1380. The van der Waals surface area contributed by atoms with E-state index < -0.39 is 30.1 Å². The van der Waals surface area contributed by atoms with Gasteiger partial charge < -0.3 is 20.1 Å². The molecule has 0 spiro atoms. The van der Waals surface area contributed by atoms with Gasteiger partial charge in [0.15, 0.2) is 0 Å². The van der Waals surface area contributed by atoms with Crippen molar-refractivity contribution >= 4 is 28.9 Å². The Labute approximate surface area is 221 Å². The molecule has 0 aliphatic carbocycles. The van der Waals surface area contributed by atoms with Crippen LogP contribution in [-0.2, 0) is 38.5 Å². The molecule has 38 heavy (non-hydrogen) atoms. The number of carbonyl (C=O) groups is 3. The van der Waals surface area contributed by atoms with Crippen molar-refractivity contribution in [1.29, 1.82) is 0 Å². The highest BCUT2D eigenvalue weighted by Gasteiger charge is 2.28. The lowest BCUT2D eigenvalue weighted by molar-refractivity contribution is -0.145. The highest BCUT2D eigenvalue weighted by Crippen LogP contribution is 2.14. The molecule has 0 unspecified atom stereocenters. The number of para-hydroxylation sites is 1. The van der Waals surface area contributed by atoms with E-state index in [1.807, 2.05) is 97.1 Å². The van der Waals surface area contributed by atoms with Crippen molar-refractivity contribution in [3.63, 3.8) is 0 Å². The maximum atomic E-state index is 13.4. The molecule has 0 bridgehead atoms. The Morgan fingerprint density at radius 1 is 0.737 bits per heavy atom. The van der Waals surface area contributed by atoms with Crippen molar-refractivity contribution in [3.8, 4) is 0 Å². The Balaban J connectivity index is 1.48. The number of hydrogen-bond donors (Lipinski definition) is 2. The van der Waals surface area contributed by atoms with E-state index in [0.29, 0.717) is 5.69 Å². The molecule has 0 aliphatic heterocycles. The number of aromatic nitrogens is 1. The molecule has 1 heterocycles.